The van der Waals surface area contributed by atoms with Crippen molar-refractivity contribution in [3.05, 3.63) is 0 Å². The molecule has 0 unspecified atom stereocenters. The van der Waals surface area contributed by atoms with Gasteiger partial charge in [0.05, 0.1) is 4.99 Å². The van der Waals surface area contributed by atoms with Crippen molar-refractivity contribution in [1.29, 1.82) is 0 Å². The highest BCUT2D eigenvalue weighted by molar-refractivity contribution is 8.93. The van der Waals surface area contributed by atoms with Crippen LogP contribution in [0.25, 0.3) is 0 Å². The highest BCUT2D eigenvalue weighted by Crippen LogP contribution is 1.85. The predicted molar refractivity (Wildman–Crippen MR) is 45.2 cm³/mol. The van der Waals surface area contributed by atoms with Crippen LogP contribution in [-0.2, 0) is 0 Å². The maximum atomic E-state index is 4.97. The molecule has 0 aromatic heterocycles. The third-order valence-electron chi connectivity index (χ3n) is 0.638. The molecule has 0 fully saturated rings. The molecule has 0 aromatic carbocycles. The normalized spacial score (nSPS) is 7.25. The van der Waals surface area contributed by atoms with E-state index in [9.17, 15) is 0 Å². The van der Waals surface area contributed by atoms with Crippen molar-refractivity contribution in [1.82, 2.24) is 5.43 Å². The van der Waals surface area contributed by atoms with Gasteiger partial charge in [-0.2, -0.15) is 0 Å². The first-order valence-electron chi connectivity index (χ1n) is 2.30. The molecule has 0 aromatic rings. The molecular formula is C4H11BrN2S. The Morgan fingerprint density at radius 3 is 2.38 bits per heavy atom. The minimum Gasteiger partial charge on any atom is -0.318 e. The van der Waals surface area contributed by atoms with Gasteiger partial charge in [-0.1, -0.05) is 19.1 Å². The quantitative estimate of drug-likeness (QED) is 0.398. The highest BCUT2D eigenvalue weighted by Gasteiger charge is 1.85. The number of hydrazine groups is 1. The summed E-state index contributed by atoms with van der Waals surface area (Å²) in [5.74, 6) is 4.97. The molecular weight excluding hydrogens is 188 g/mol. The van der Waals surface area contributed by atoms with E-state index in [2.05, 4.69) is 12.3 Å². The molecule has 0 saturated heterocycles. The average Bonchev–Trinajstić information content (AvgIpc) is 1.68. The summed E-state index contributed by atoms with van der Waals surface area (Å²) in [6, 6.07) is 0. The summed E-state index contributed by atoms with van der Waals surface area (Å²) in [5.41, 5.74) is 2.40. The van der Waals surface area contributed by atoms with E-state index in [0.29, 0.717) is 0 Å². The second-order valence-electron chi connectivity index (χ2n) is 1.32. The van der Waals surface area contributed by atoms with E-state index in [1.165, 1.54) is 0 Å². The van der Waals surface area contributed by atoms with Gasteiger partial charge in [0.15, 0.2) is 0 Å². The molecule has 0 heterocycles. The van der Waals surface area contributed by atoms with Crippen LogP contribution in [0.4, 0.5) is 0 Å². The van der Waals surface area contributed by atoms with E-state index in [-0.39, 0.29) is 17.0 Å². The lowest BCUT2D eigenvalue weighted by Gasteiger charge is -1.95. The first-order valence-corrected chi connectivity index (χ1v) is 2.71. The van der Waals surface area contributed by atoms with Gasteiger partial charge in [0.2, 0.25) is 0 Å². The molecule has 0 amide bonds. The predicted octanol–water partition coefficient (Wildman–Crippen LogP) is 1.16. The minimum absolute atomic E-state index is 0. The molecule has 0 radical (unpaired) electrons. The third-order valence-corrected chi connectivity index (χ3v) is 0.960. The molecule has 4 heteroatoms. The van der Waals surface area contributed by atoms with E-state index >= 15 is 0 Å². The van der Waals surface area contributed by atoms with Crippen LogP contribution in [0, 0.1) is 0 Å². The molecule has 0 aliphatic rings. The monoisotopic (exact) mass is 198 g/mol. The summed E-state index contributed by atoms with van der Waals surface area (Å²) in [7, 11) is 0. The summed E-state index contributed by atoms with van der Waals surface area (Å²) in [4.78, 5) is 0.738. The van der Waals surface area contributed by atoms with Gasteiger partial charge < -0.3 is 5.43 Å². The van der Waals surface area contributed by atoms with Crippen LogP contribution in [0.2, 0.25) is 0 Å². The molecule has 0 aliphatic heterocycles. The minimum atomic E-state index is 0. The van der Waals surface area contributed by atoms with Gasteiger partial charge in [0.25, 0.3) is 0 Å². The molecule has 0 aliphatic carbocycles. The van der Waals surface area contributed by atoms with E-state index < -0.39 is 0 Å². The van der Waals surface area contributed by atoms with Crippen molar-refractivity contribution in [2.75, 3.05) is 0 Å². The zero-order valence-corrected chi connectivity index (χ0v) is 7.34. The van der Waals surface area contributed by atoms with E-state index in [0.717, 1.165) is 17.8 Å². The second kappa shape index (κ2) is 7.33. The smallest absolute Gasteiger partial charge is 0.0893 e. The Labute approximate surface area is 65.6 Å². The largest absolute Gasteiger partial charge is 0.318 e. The van der Waals surface area contributed by atoms with Crippen LogP contribution in [0.15, 0.2) is 0 Å². The Morgan fingerprint density at radius 2 is 2.25 bits per heavy atom. The maximum absolute atomic E-state index is 4.97. The first-order chi connectivity index (χ1) is 3.31. The molecule has 2 nitrogen and oxygen atoms in total. The SMILES string of the molecule is Br.CCCC(=S)NN. The zero-order chi connectivity index (χ0) is 5.70. The summed E-state index contributed by atoms with van der Waals surface area (Å²) in [6.07, 6.45) is 1.95. The maximum Gasteiger partial charge on any atom is 0.0893 e. The Morgan fingerprint density at radius 1 is 1.75 bits per heavy atom. The molecule has 0 bridgehead atoms. The van der Waals surface area contributed by atoms with Crippen LogP contribution in [0.3, 0.4) is 0 Å². The molecule has 0 rings (SSSR count). The van der Waals surface area contributed by atoms with E-state index in [1.54, 1.807) is 0 Å². The van der Waals surface area contributed by atoms with Crippen LogP contribution < -0.4 is 11.3 Å². The average molecular weight is 199 g/mol. The van der Waals surface area contributed by atoms with Crippen molar-refractivity contribution in [3.8, 4) is 0 Å². The molecule has 0 spiro atoms. The lowest BCUT2D eigenvalue weighted by Crippen LogP contribution is -2.27. The first kappa shape index (κ1) is 11.2. The Hall–Kier alpha value is 0.330. The standard InChI is InChI=1S/C4H10N2S.BrH/c1-2-3-4(7)6-5;/h2-3,5H2,1H3,(H,6,7);1H. The molecule has 3 N–H and O–H groups in total. The summed E-state index contributed by atoms with van der Waals surface area (Å²) < 4.78 is 0. The number of rotatable bonds is 2. The highest BCUT2D eigenvalue weighted by atomic mass is 79.9. The number of halogens is 1. The molecule has 0 atom stereocenters. The number of hydrogen-bond donors (Lipinski definition) is 2. The number of hydrogen-bond acceptors (Lipinski definition) is 2. The fraction of sp³-hybridized carbons (Fsp3) is 0.750. The van der Waals surface area contributed by atoms with Crippen molar-refractivity contribution in [2.45, 2.75) is 19.8 Å². The Balaban J connectivity index is 0. The van der Waals surface area contributed by atoms with Crippen molar-refractivity contribution < 1.29 is 0 Å². The number of nitrogens with two attached hydrogens (primary N) is 1. The van der Waals surface area contributed by atoms with Gasteiger partial charge in [-0.15, -0.1) is 17.0 Å². The molecule has 50 valence electrons. The summed E-state index contributed by atoms with van der Waals surface area (Å²) >= 11 is 4.72. The van der Waals surface area contributed by atoms with E-state index in [1.807, 2.05) is 0 Å². The summed E-state index contributed by atoms with van der Waals surface area (Å²) in [6.45, 7) is 2.06. The topological polar surface area (TPSA) is 38.0 Å². The van der Waals surface area contributed by atoms with Crippen molar-refractivity contribution in [2.24, 2.45) is 5.84 Å². The van der Waals surface area contributed by atoms with Gasteiger partial charge in [-0.25, -0.2) is 0 Å². The van der Waals surface area contributed by atoms with Crippen LogP contribution >= 0.6 is 29.2 Å². The van der Waals surface area contributed by atoms with Gasteiger partial charge in [-0.05, 0) is 12.8 Å². The van der Waals surface area contributed by atoms with Crippen molar-refractivity contribution >= 4 is 34.2 Å². The van der Waals surface area contributed by atoms with Gasteiger partial charge in [0, 0.05) is 0 Å². The lowest BCUT2D eigenvalue weighted by molar-refractivity contribution is 0.930. The summed E-state index contributed by atoms with van der Waals surface area (Å²) in [5, 5.41) is 0. The van der Waals surface area contributed by atoms with Crippen molar-refractivity contribution in [3.63, 3.8) is 0 Å². The fourth-order valence-electron chi connectivity index (χ4n) is 0.299. The van der Waals surface area contributed by atoms with Gasteiger partial charge in [-0.3, -0.25) is 5.84 Å². The number of nitrogens with one attached hydrogen (secondary N) is 1. The van der Waals surface area contributed by atoms with E-state index in [4.69, 9.17) is 18.1 Å². The van der Waals surface area contributed by atoms with Gasteiger partial charge in [0.1, 0.15) is 0 Å². The molecule has 0 saturated carbocycles. The molecule has 8 heavy (non-hydrogen) atoms. The second-order valence-corrected chi connectivity index (χ2v) is 1.81. The zero-order valence-electron chi connectivity index (χ0n) is 4.81. The Kier molecular flexibility index (Phi) is 10.2. The van der Waals surface area contributed by atoms with Crippen LogP contribution in [0.5, 0.6) is 0 Å². The van der Waals surface area contributed by atoms with Gasteiger partial charge >= 0.3 is 0 Å². The number of thiocarbonyl (C=S) groups is 1. The van der Waals surface area contributed by atoms with Crippen LogP contribution in [-0.4, -0.2) is 4.99 Å². The lowest BCUT2D eigenvalue weighted by atomic mass is 10.3. The third kappa shape index (κ3) is 6.33. The fourth-order valence-corrected chi connectivity index (χ4v) is 0.503. The van der Waals surface area contributed by atoms with Crippen LogP contribution in [0.1, 0.15) is 19.8 Å². The Bertz CT molecular complexity index is 67.1.